The number of hydrogen-bond acceptors (Lipinski definition) is 3. The summed E-state index contributed by atoms with van der Waals surface area (Å²) in [4.78, 5) is 23.1. The predicted octanol–water partition coefficient (Wildman–Crippen LogP) is 2.47. The van der Waals surface area contributed by atoms with Gasteiger partial charge in [0.2, 0.25) is 5.91 Å². The zero-order valence-corrected chi connectivity index (χ0v) is 12.4. The number of nitriles is 1. The minimum atomic E-state index is -0.836. The molecule has 0 aromatic heterocycles. The van der Waals surface area contributed by atoms with Crippen LogP contribution in [0.5, 0.6) is 0 Å². The van der Waals surface area contributed by atoms with Gasteiger partial charge in [-0.3, -0.25) is 9.59 Å². The molecule has 5 heteroatoms. The molecule has 0 aromatic carbocycles. The number of carboxylic acids is 1. The zero-order valence-electron chi connectivity index (χ0n) is 12.4. The highest BCUT2D eigenvalue weighted by atomic mass is 16.4. The molecule has 0 unspecified atom stereocenters. The standard InChI is InChI=1S/C15H24N2O3/c1-14(2,10-16)11-17-12(18)8-15(9-13(19)20)6-4-3-5-7-15/h3-9,11H2,1-2H3,(H,17,18)(H,19,20). The molecule has 1 aliphatic rings. The Bertz CT molecular complexity index is 404. The van der Waals surface area contributed by atoms with E-state index in [4.69, 9.17) is 10.4 Å². The third-order valence-corrected chi connectivity index (χ3v) is 4.01. The average Bonchev–Trinajstić information content (AvgIpc) is 2.36. The van der Waals surface area contributed by atoms with Gasteiger partial charge in [0.25, 0.3) is 0 Å². The minimum Gasteiger partial charge on any atom is -0.481 e. The maximum Gasteiger partial charge on any atom is 0.303 e. The monoisotopic (exact) mass is 280 g/mol. The Hall–Kier alpha value is -1.57. The summed E-state index contributed by atoms with van der Waals surface area (Å²) in [5.41, 5.74) is -0.993. The van der Waals surface area contributed by atoms with Crippen molar-refractivity contribution in [3.05, 3.63) is 0 Å². The number of amides is 1. The third-order valence-electron chi connectivity index (χ3n) is 4.01. The molecular weight excluding hydrogens is 256 g/mol. The lowest BCUT2D eigenvalue weighted by Gasteiger charge is -2.35. The van der Waals surface area contributed by atoms with Gasteiger partial charge >= 0.3 is 5.97 Å². The topological polar surface area (TPSA) is 90.2 Å². The van der Waals surface area contributed by atoms with Crippen LogP contribution in [0.4, 0.5) is 0 Å². The summed E-state index contributed by atoms with van der Waals surface area (Å²) in [6.07, 6.45) is 5.00. The Labute approximate surface area is 120 Å². The lowest BCUT2D eigenvalue weighted by atomic mass is 9.69. The van der Waals surface area contributed by atoms with Crippen molar-refractivity contribution in [2.45, 2.75) is 58.8 Å². The van der Waals surface area contributed by atoms with Crippen LogP contribution < -0.4 is 5.32 Å². The van der Waals surface area contributed by atoms with Crippen molar-refractivity contribution in [1.29, 1.82) is 5.26 Å². The molecule has 0 atom stereocenters. The Balaban J connectivity index is 2.59. The van der Waals surface area contributed by atoms with Crippen molar-refractivity contribution < 1.29 is 14.7 Å². The summed E-state index contributed by atoms with van der Waals surface area (Å²) >= 11 is 0. The number of aliphatic carboxylic acids is 1. The lowest BCUT2D eigenvalue weighted by Crippen LogP contribution is -2.38. The van der Waals surface area contributed by atoms with Crippen LogP contribution in [0.3, 0.4) is 0 Å². The summed E-state index contributed by atoms with van der Waals surface area (Å²) in [5, 5.41) is 20.8. The molecule has 0 heterocycles. The molecular formula is C15H24N2O3. The molecule has 0 radical (unpaired) electrons. The van der Waals surface area contributed by atoms with Gasteiger partial charge in [-0.05, 0) is 32.1 Å². The Morgan fingerprint density at radius 2 is 1.85 bits per heavy atom. The van der Waals surface area contributed by atoms with E-state index in [0.717, 1.165) is 32.1 Å². The molecule has 1 rings (SSSR count). The normalized spacial score (nSPS) is 18.1. The minimum absolute atomic E-state index is 0.0576. The van der Waals surface area contributed by atoms with Gasteiger partial charge in [0.05, 0.1) is 17.9 Å². The number of carboxylic acid groups (broad SMARTS) is 1. The van der Waals surface area contributed by atoms with Crippen LogP contribution in [0.1, 0.15) is 58.8 Å². The van der Waals surface area contributed by atoms with Crippen LogP contribution >= 0.6 is 0 Å². The fourth-order valence-corrected chi connectivity index (χ4v) is 2.80. The lowest BCUT2D eigenvalue weighted by molar-refractivity contribution is -0.141. The second kappa shape index (κ2) is 6.74. The van der Waals surface area contributed by atoms with E-state index in [1.54, 1.807) is 13.8 Å². The number of carbonyl (C=O) groups is 2. The van der Waals surface area contributed by atoms with Crippen LogP contribution in [-0.2, 0) is 9.59 Å². The molecule has 0 aliphatic heterocycles. The van der Waals surface area contributed by atoms with E-state index in [2.05, 4.69) is 11.4 Å². The summed E-state index contributed by atoms with van der Waals surface area (Å²) in [5.74, 6) is -0.978. The van der Waals surface area contributed by atoms with Crippen molar-refractivity contribution >= 4 is 11.9 Å². The summed E-state index contributed by atoms with van der Waals surface area (Å²) in [6.45, 7) is 3.83. The molecule has 112 valence electrons. The van der Waals surface area contributed by atoms with Gasteiger partial charge in [-0.15, -0.1) is 0 Å². The highest BCUT2D eigenvalue weighted by Crippen LogP contribution is 2.42. The van der Waals surface area contributed by atoms with Crippen LogP contribution in [0.25, 0.3) is 0 Å². The van der Waals surface area contributed by atoms with E-state index < -0.39 is 16.8 Å². The summed E-state index contributed by atoms with van der Waals surface area (Å²) in [6, 6.07) is 2.13. The molecule has 0 saturated heterocycles. The van der Waals surface area contributed by atoms with Crippen molar-refractivity contribution in [2.24, 2.45) is 10.8 Å². The number of rotatable bonds is 6. The Morgan fingerprint density at radius 1 is 1.25 bits per heavy atom. The first kappa shape index (κ1) is 16.5. The Morgan fingerprint density at radius 3 is 2.35 bits per heavy atom. The fourth-order valence-electron chi connectivity index (χ4n) is 2.80. The van der Waals surface area contributed by atoms with Gasteiger partial charge in [-0.25, -0.2) is 0 Å². The first-order valence-electron chi connectivity index (χ1n) is 7.18. The van der Waals surface area contributed by atoms with Gasteiger partial charge in [0.1, 0.15) is 0 Å². The van der Waals surface area contributed by atoms with Gasteiger partial charge in [0.15, 0.2) is 0 Å². The van der Waals surface area contributed by atoms with E-state index >= 15 is 0 Å². The smallest absolute Gasteiger partial charge is 0.303 e. The highest BCUT2D eigenvalue weighted by molar-refractivity contribution is 5.78. The van der Waals surface area contributed by atoms with Gasteiger partial charge < -0.3 is 10.4 Å². The van der Waals surface area contributed by atoms with Crippen LogP contribution in [0.2, 0.25) is 0 Å². The second-order valence-electron chi connectivity index (χ2n) is 6.58. The van der Waals surface area contributed by atoms with E-state index in [1.807, 2.05) is 0 Å². The van der Waals surface area contributed by atoms with Crippen molar-refractivity contribution in [2.75, 3.05) is 6.54 Å². The fraction of sp³-hybridized carbons (Fsp3) is 0.800. The molecule has 1 fully saturated rings. The summed E-state index contributed by atoms with van der Waals surface area (Å²) in [7, 11) is 0. The Kier molecular flexibility index (Phi) is 5.55. The molecule has 0 aromatic rings. The maximum atomic E-state index is 12.0. The predicted molar refractivity (Wildman–Crippen MR) is 74.8 cm³/mol. The SMILES string of the molecule is CC(C)(C#N)CNC(=O)CC1(CC(=O)O)CCCCC1. The highest BCUT2D eigenvalue weighted by Gasteiger charge is 2.36. The maximum absolute atomic E-state index is 12.0. The van der Waals surface area contributed by atoms with Crippen LogP contribution in [0, 0.1) is 22.2 Å². The first-order valence-corrected chi connectivity index (χ1v) is 7.18. The summed E-state index contributed by atoms with van der Waals surface area (Å²) < 4.78 is 0. The van der Waals surface area contributed by atoms with E-state index in [9.17, 15) is 9.59 Å². The van der Waals surface area contributed by atoms with Crippen molar-refractivity contribution in [3.63, 3.8) is 0 Å². The van der Waals surface area contributed by atoms with Crippen molar-refractivity contribution in [1.82, 2.24) is 5.32 Å². The van der Waals surface area contributed by atoms with Gasteiger partial charge in [0, 0.05) is 13.0 Å². The zero-order chi connectivity index (χ0) is 15.2. The molecule has 1 aliphatic carbocycles. The van der Waals surface area contributed by atoms with E-state index in [1.165, 1.54) is 0 Å². The van der Waals surface area contributed by atoms with E-state index in [-0.39, 0.29) is 18.7 Å². The molecule has 1 amide bonds. The van der Waals surface area contributed by atoms with Crippen molar-refractivity contribution in [3.8, 4) is 6.07 Å². The van der Waals surface area contributed by atoms with E-state index in [0.29, 0.717) is 6.54 Å². The first-order chi connectivity index (χ1) is 9.29. The molecule has 2 N–H and O–H groups in total. The van der Waals surface area contributed by atoms with Crippen LogP contribution in [-0.4, -0.2) is 23.5 Å². The number of hydrogen-bond donors (Lipinski definition) is 2. The third kappa shape index (κ3) is 5.20. The van der Waals surface area contributed by atoms with Crippen LogP contribution in [0.15, 0.2) is 0 Å². The number of nitrogens with one attached hydrogen (secondary N) is 1. The molecule has 0 spiro atoms. The van der Waals surface area contributed by atoms with Gasteiger partial charge in [-0.2, -0.15) is 5.26 Å². The second-order valence-corrected chi connectivity index (χ2v) is 6.58. The number of nitrogens with zero attached hydrogens (tertiary/aromatic N) is 1. The quantitative estimate of drug-likeness (QED) is 0.782. The average molecular weight is 280 g/mol. The molecule has 5 nitrogen and oxygen atoms in total. The van der Waals surface area contributed by atoms with Gasteiger partial charge in [-0.1, -0.05) is 19.3 Å². The largest absolute Gasteiger partial charge is 0.481 e. The number of carbonyl (C=O) groups excluding carboxylic acids is 1. The molecule has 0 bridgehead atoms. The molecule has 20 heavy (non-hydrogen) atoms. The molecule has 1 saturated carbocycles.